The highest BCUT2D eigenvalue weighted by atomic mass is 32.2. The smallest absolute Gasteiger partial charge is 0.120 e. The molecule has 28 heavy (non-hydrogen) atoms. The van der Waals surface area contributed by atoms with Gasteiger partial charge >= 0.3 is 0 Å². The van der Waals surface area contributed by atoms with Crippen LogP contribution >= 0.6 is 11.8 Å². The summed E-state index contributed by atoms with van der Waals surface area (Å²) >= 11 is 1.98. The zero-order valence-electron chi connectivity index (χ0n) is 16.2. The Hall–Kier alpha value is -2.01. The number of rotatable bonds is 7. The number of thioether (sulfide) groups is 1. The van der Waals surface area contributed by atoms with E-state index in [9.17, 15) is 5.11 Å². The number of fused-ring (bicyclic) bond motifs is 2. The maximum atomic E-state index is 10.6. The van der Waals surface area contributed by atoms with E-state index in [1.807, 2.05) is 30.0 Å². The third-order valence-electron chi connectivity index (χ3n) is 5.27. The number of nitrogens with one attached hydrogen (secondary N) is 1. The molecule has 3 aromatic rings. The van der Waals surface area contributed by atoms with Crippen molar-refractivity contribution in [3.8, 4) is 5.75 Å². The summed E-state index contributed by atoms with van der Waals surface area (Å²) in [7, 11) is 0. The summed E-state index contributed by atoms with van der Waals surface area (Å²) in [4.78, 5) is 0. The average Bonchev–Trinajstić information content (AvgIpc) is 2.75. The molecule has 1 aliphatic heterocycles. The number of aliphatic hydroxyl groups excluding tert-OH is 1. The Morgan fingerprint density at radius 3 is 2.79 bits per heavy atom. The first-order valence-electron chi connectivity index (χ1n) is 9.91. The second-order valence-electron chi connectivity index (χ2n) is 7.48. The van der Waals surface area contributed by atoms with Crippen LogP contribution in [0.2, 0.25) is 0 Å². The van der Waals surface area contributed by atoms with Crippen LogP contribution in [0.25, 0.3) is 10.8 Å². The van der Waals surface area contributed by atoms with E-state index in [-0.39, 0.29) is 6.04 Å². The van der Waals surface area contributed by atoms with Crippen molar-refractivity contribution in [3.63, 3.8) is 0 Å². The molecule has 1 aliphatic rings. The van der Waals surface area contributed by atoms with Crippen molar-refractivity contribution < 1.29 is 9.84 Å². The van der Waals surface area contributed by atoms with E-state index in [4.69, 9.17) is 4.74 Å². The molecule has 3 aromatic carbocycles. The lowest BCUT2D eigenvalue weighted by Crippen LogP contribution is -2.35. The minimum atomic E-state index is -0.497. The monoisotopic (exact) mass is 393 g/mol. The lowest BCUT2D eigenvalue weighted by atomic mass is 9.99. The SMILES string of the molecule is CC(COc1ccc2ccccc2c1)NCC(O)c1ccc2c(c1)CCSC2. The van der Waals surface area contributed by atoms with E-state index in [0.717, 1.165) is 23.5 Å². The van der Waals surface area contributed by atoms with Gasteiger partial charge in [0.15, 0.2) is 0 Å². The van der Waals surface area contributed by atoms with Gasteiger partial charge in [-0.05, 0) is 58.7 Å². The Labute approximate surface area is 171 Å². The molecule has 146 valence electrons. The predicted molar refractivity (Wildman–Crippen MR) is 118 cm³/mol. The first-order chi connectivity index (χ1) is 13.7. The summed E-state index contributed by atoms with van der Waals surface area (Å²) in [6.45, 7) is 3.17. The van der Waals surface area contributed by atoms with Gasteiger partial charge < -0.3 is 15.2 Å². The molecule has 1 heterocycles. The molecular weight excluding hydrogens is 366 g/mol. The Morgan fingerprint density at radius 1 is 1.04 bits per heavy atom. The summed E-state index contributed by atoms with van der Waals surface area (Å²) in [5.41, 5.74) is 3.81. The van der Waals surface area contributed by atoms with Crippen LogP contribution in [0.4, 0.5) is 0 Å². The van der Waals surface area contributed by atoms with Crippen molar-refractivity contribution in [2.75, 3.05) is 18.9 Å². The molecule has 2 N–H and O–H groups in total. The number of aryl methyl sites for hydroxylation is 1. The highest BCUT2D eigenvalue weighted by Gasteiger charge is 2.14. The van der Waals surface area contributed by atoms with Crippen LogP contribution < -0.4 is 10.1 Å². The van der Waals surface area contributed by atoms with Crippen molar-refractivity contribution in [2.45, 2.75) is 31.2 Å². The van der Waals surface area contributed by atoms with Crippen molar-refractivity contribution in [1.82, 2.24) is 5.32 Å². The summed E-state index contributed by atoms with van der Waals surface area (Å²) in [6, 6.07) is 21.0. The van der Waals surface area contributed by atoms with Crippen LogP contribution in [0, 0.1) is 0 Å². The number of benzene rings is 3. The Balaban J connectivity index is 1.28. The van der Waals surface area contributed by atoms with Crippen molar-refractivity contribution in [1.29, 1.82) is 0 Å². The minimum Gasteiger partial charge on any atom is -0.492 e. The van der Waals surface area contributed by atoms with Crippen LogP contribution in [0.15, 0.2) is 60.7 Å². The highest BCUT2D eigenvalue weighted by Crippen LogP contribution is 2.27. The molecular formula is C24H27NO2S. The van der Waals surface area contributed by atoms with Crippen molar-refractivity contribution in [3.05, 3.63) is 77.4 Å². The van der Waals surface area contributed by atoms with Gasteiger partial charge in [-0.2, -0.15) is 11.8 Å². The number of hydrogen-bond donors (Lipinski definition) is 2. The van der Waals surface area contributed by atoms with Gasteiger partial charge in [-0.3, -0.25) is 0 Å². The van der Waals surface area contributed by atoms with E-state index >= 15 is 0 Å². The lowest BCUT2D eigenvalue weighted by molar-refractivity contribution is 0.163. The number of aliphatic hydroxyl groups is 1. The maximum Gasteiger partial charge on any atom is 0.120 e. The molecule has 0 radical (unpaired) electrons. The van der Waals surface area contributed by atoms with Crippen LogP contribution in [0.3, 0.4) is 0 Å². The summed E-state index contributed by atoms with van der Waals surface area (Å²) in [5.74, 6) is 3.14. The molecule has 3 nitrogen and oxygen atoms in total. The average molecular weight is 394 g/mol. The first kappa shape index (κ1) is 19.3. The quantitative estimate of drug-likeness (QED) is 0.609. The summed E-state index contributed by atoms with van der Waals surface area (Å²) < 4.78 is 5.94. The van der Waals surface area contributed by atoms with Gasteiger partial charge in [-0.15, -0.1) is 0 Å². The van der Waals surface area contributed by atoms with Crippen molar-refractivity contribution >= 4 is 22.5 Å². The number of ether oxygens (including phenoxy) is 1. The molecule has 0 aromatic heterocycles. The molecule has 0 saturated heterocycles. The molecule has 0 fully saturated rings. The van der Waals surface area contributed by atoms with E-state index < -0.39 is 6.10 Å². The largest absolute Gasteiger partial charge is 0.492 e. The number of hydrogen-bond acceptors (Lipinski definition) is 4. The third-order valence-corrected chi connectivity index (χ3v) is 6.28. The van der Waals surface area contributed by atoms with Crippen LogP contribution in [0.1, 0.15) is 29.7 Å². The Bertz CT molecular complexity index is 943. The molecule has 0 saturated carbocycles. The van der Waals surface area contributed by atoms with E-state index in [0.29, 0.717) is 13.2 Å². The Kier molecular flexibility index (Phi) is 6.20. The molecule has 0 amide bonds. The fraction of sp³-hybridized carbons (Fsp3) is 0.333. The molecule has 2 atom stereocenters. The third kappa shape index (κ3) is 4.69. The molecule has 4 rings (SSSR count). The van der Waals surface area contributed by atoms with Crippen LogP contribution in [-0.4, -0.2) is 30.1 Å². The molecule has 0 aliphatic carbocycles. The maximum absolute atomic E-state index is 10.6. The molecule has 0 bridgehead atoms. The summed E-state index contributed by atoms with van der Waals surface area (Å²) in [5, 5.41) is 16.4. The van der Waals surface area contributed by atoms with E-state index in [1.165, 1.54) is 27.7 Å². The predicted octanol–water partition coefficient (Wildman–Crippen LogP) is 4.72. The van der Waals surface area contributed by atoms with Gasteiger partial charge in [-0.25, -0.2) is 0 Å². The zero-order chi connectivity index (χ0) is 19.3. The zero-order valence-corrected chi connectivity index (χ0v) is 17.0. The van der Waals surface area contributed by atoms with E-state index in [2.05, 4.69) is 54.7 Å². The van der Waals surface area contributed by atoms with Gasteiger partial charge in [0.25, 0.3) is 0 Å². The van der Waals surface area contributed by atoms with Gasteiger partial charge in [0.05, 0.1) is 6.10 Å². The van der Waals surface area contributed by atoms with E-state index in [1.54, 1.807) is 0 Å². The van der Waals surface area contributed by atoms with Crippen LogP contribution in [0.5, 0.6) is 5.75 Å². The second kappa shape index (κ2) is 8.99. The second-order valence-corrected chi connectivity index (χ2v) is 8.58. The molecule has 0 spiro atoms. The standard InChI is InChI=1S/C24H27NO2S/c1-17(15-27-23-9-8-18-4-2-3-5-19(18)13-23)25-14-24(26)21-6-7-22-16-28-11-10-20(22)12-21/h2-9,12-13,17,24-26H,10-11,14-16H2,1H3. The van der Waals surface area contributed by atoms with Gasteiger partial charge in [0.2, 0.25) is 0 Å². The van der Waals surface area contributed by atoms with Gasteiger partial charge in [0, 0.05) is 18.3 Å². The van der Waals surface area contributed by atoms with Gasteiger partial charge in [0.1, 0.15) is 12.4 Å². The molecule has 2 unspecified atom stereocenters. The molecule has 4 heteroatoms. The first-order valence-corrected chi connectivity index (χ1v) is 11.1. The van der Waals surface area contributed by atoms with Crippen LogP contribution in [-0.2, 0) is 12.2 Å². The minimum absolute atomic E-state index is 0.148. The topological polar surface area (TPSA) is 41.5 Å². The highest BCUT2D eigenvalue weighted by molar-refractivity contribution is 7.98. The van der Waals surface area contributed by atoms with Gasteiger partial charge in [-0.1, -0.05) is 48.5 Å². The normalized spacial score (nSPS) is 15.8. The Morgan fingerprint density at radius 2 is 1.89 bits per heavy atom. The fourth-order valence-corrected chi connectivity index (χ4v) is 4.57. The summed E-state index contributed by atoms with van der Waals surface area (Å²) in [6.07, 6.45) is 0.604. The van der Waals surface area contributed by atoms with Crippen molar-refractivity contribution in [2.24, 2.45) is 0 Å². The lowest BCUT2D eigenvalue weighted by Gasteiger charge is -2.20. The fourth-order valence-electron chi connectivity index (χ4n) is 3.56.